The van der Waals surface area contributed by atoms with E-state index in [9.17, 15) is 13.2 Å². The van der Waals surface area contributed by atoms with Crippen LogP contribution in [-0.4, -0.2) is 33.8 Å². The number of H-pyrrole nitrogens is 1. The average molecular weight is 346 g/mol. The first kappa shape index (κ1) is 16.7. The molecule has 0 spiro atoms. The van der Waals surface area contributed by atoms with E-state index in [1.807, 2.05) is 6.07 Å². The summed E-state index contributed by atoms with van der Waals surface area (Å²) in [4.78, 5) is 9.84. The molecule has 3 rings (SSSR count). The van der Waals surface area contributed by atoms with Gasteiger partial charge in [-0.3, -0.25) is 5.10 Å². The van der Waals surface area contributed by atoms with Gasteiger partial charge in [0.25, 0.3) is 0 Å². The van der Waals surface area contributed by atoms with Gasteiger partial charge in [-0.25, -0.2) is 9.97 Å². The number of anilines is 1. The Morgan fingerprint density at radius 1 is 1.24 bits per heavy atom. The zero-order valence-electron chi connectivity index (χ0n) is 13.2. The Hall–Kier alpha value is -3.15. The number of rotatable bonds is 4. The third-order valence-electron chi connectivity index (χ3n) is 3.70. The normalized spacial score (nSPS) is 11.5. The Bertz CT molecular complexity index is 941. The lowest BCUT2D eigenvalue weighted by molar-refractivity contribution is -0.137. The molecule has 25 heavy (non-hydrogen) atoms. The van der Waals surface area contributed by atoms with Crippen molar-refractivity contribution in [3.63, 3.8) is 0 Å². The van der Waals surface area contributed by atoms with Crippen molar-refractivity contribution in [2.24, 2.45) is 0 Å². The van der Waals surface area contributed by atoms with Crippen molar-refractivity contribution in [2.45, 2.75) is 12.6 Å². The number of alkyl halides is 3. The van der Waals surface area contributed by atoms with E-state index in [0.29, 0.717) is 23.4 Å². The number of halogens is 3. The Labute approximate surface area is 140 Å². The van der Waals surface area contributed by atoms with E-state index in [1.165, 1.54) is 12.3 Å². The predicted octanol–water partition coefficient (Wildman–Crippen LogP) is 3.39. The lowest BCUT2D eigenvalue weighted by Crippen LogP contribution is -2.20. The molecule has 0 aliphatic rings. The van der Waals surface area contributed by atoms with Crippen LogP contribution in [0.3, 0.4) is 0 Å². The molecule has 0 saturated carbocycles. The summed E-state index contributed by atoms with van der Waals surface area (Å²) >= 11 is 0. The van der Waals surface area contributed by atoms with E-state index >= 15 is 0 Å². The Morgan fingerprint density at radius 2 is 2.04 bits per heavy atom. The zero-order chi connectivity index (χ0) is 18.0. The van der Waals surface area contributed by atoms with Crippen LogP contribution in [0.4, 0.5) is 19.0 Å². The van der Waals surface area contributed by atoms with E-state index in [0.717, 1.165) is 6.07 Å². The third-order valence-corrected chi connectivity index (χ3v) is 3.70. The average Bonchev–Trinajstić information content (AvgIpc) is 3.02. The van der Waals surface area contributed by atoms with Crippen molar-refractivity contribution in [3.8, 4) is 17.5 Å². The van der Waals surface area contributed by atoms with Gasteiger partial charge in [0, 0.05) is 25.2 Å². The largest absolute Gasteiger partial charge is 0.418 e. The number of fused-ring (bicyclic) bond motifs is 1. The van der Waals surface area contributed by atoms with Gasteiger partial charge < -0.3 is 4.90 Å². The number of hydrogen-bond donors (Lipinski definition) is 1. The second-order valence-electron chi connectivity index (χ2n) is 5.36. The summed E-state index contributed by atoms with van der Waals surface area (Å²) in [7, 11) is 1.67. The smallest absolute Gasteiger partial charge is 0.359 e. The maximum absolute atomic E-state index is 13.4. The second kappa shape index (κ2) is 6.39. The van der Waals surface area contributed by atoms with Gasteiger partial charge in [0.15, 0.2) is 5.65 Å². The molecule has 3 aromatic rings. The van der Waals surface area contributed by atoms with E-state index in [1.54, 1.807) is 24.1 Å². The van der Waals surface area contributed by atoms with Crippen molar-refractivity contribution in [3.05, 3.63) is 36.0 Å². The van der Waals surface area contributed by atoms with E-state index in [4.69, 9.17) is 5.26 Å². The Kier molecular flexibility index (Phi) is 4.27. The number of nitriles is 1. The maximum Gasteiger partial charge on any atom is 0.418 e. The first-order valence-corrected chi connectivity index (χ1v) is 7.37. The monoisotopic (exact) mass is 346 g/mol. The molecule has 0 atom stereocenters. The molecular weight excluding hydrogens is 333 g/mol. The van der Waals surface area contributed by atoms with Crippen molar-refractivity contribution < 1.29 is 13.2 Å². The first-order chi connectivity index (χ1) is 11.9. The number of aromatic amines is 1. The van der Waals surface area contributed by atoms with Crippen LogP contribution in [0.5, 0.6) is 0 Å². The molecule has 0 fully saturated rings. The van der Waals surface area contributed by atoms with Gasteiger partial charge in [-0.2, -0.15) is 23.5 Å². The van der Waals surface area contributed by atoms with Gasteiger partial charge in [0.05, 0.1) is 18.1 Å². The van der Waals surface area contributed by atoms with Crippen LogP contribution in [0.2, 0.25) is 0 Å². The van der Waals surface area contributed by atoms with Crippen LogP contribution in [0, 0.1) is 11.3 Å². The molecule has 3 heterocycles. The highest BCUT2D eigenvalue weighted by Crippen LogP contribution is 2.38. The van der Waals surface area contributed by atoms with E-state index < -0.39 is 11.7 Å². The summed E-state index contributed by atoms with van der Waals surface area (Å²) in [5.74, 6) is 0.332. The lowest BCUT2D eigenvalue weighted by atomic mass is 10.1. The molecule has 0 unspecified atom stereocenters. The number of nitrogens with zero attached hydrogens (tertiary/aromatic N) is 5. The van der Waals surface area contributed by atoms with Crippen molar-refractivity contribution in [1.82, 2.24) is 20.2 Å². The molecule has 6 nitrogen and oxygen atoms in total. The fraction of sp³-hybridized carbons (Fsp3) is 0.250. The van der Waals surface area contributed by atoms with Gasteiger partial charge >= 0.3 is 6.18 Å². The first-order valence-electron chi connectivity index (χ1n) is 7.37. The quantitative estimate of drug-likeness (QED) is 0.783. The Balaban J connectivity index is 2.16. The van der Waals surface area contributed by atoms with Crippen LogP contribution in [0.1, 0.15) is 12.0 Å². The minimum atomic E-state index is -4.57. The summed E-state index contributed by atoms with van der Waals surface area (Å²) in [5, 5.41) is 15.7. The van der Waals surface area contributed by atoms with Gasteiger partial charge in [-0.15, -0.1) is 0 Å². The van der Waals surface area contributed by atoms with Crippen LogP contribution in [0.25, 0.3) is 22.4 Å². The molecule has 0 aromatic carbocycles. The van der Waals surface area contributed by atoms with Gasteiger partial charge in [-0.1, -0.05) is 0 Å². The summed E-state index contributed by atoms with van der Waals surface area (Å²) < 4.78 is 40.3. The minimum Gasteiger partial charge on any atom is -0.359 e. The number of hydrogen-bond acceptors (Lipinski definition) is 5. The summed E-state index contributed by atoms with van der Waals surface area (Å²) in [5.41, 5.74) is -0.670. The zero-order valence-corrected chi connectivity index (χ0v) is 13.2. The molecule has 0 aliphatic heterocycles. The maximum atomic E-state index is 13.4. The van der Waals surface area contributed by atoms with Crippen LogP contribution >= 0.6 is 0 Å². The lowest BCUT2D eigenvalue weighted by Gasteiger charge is -2.19. The highest BCUT2D eigenvalue weighted by Gasteiger charge is 2.36. The standard InChI is InChI=1S/C16H13F3N6/c1-25(9-3-7-20)12-6-5-11(16(17,18)19)14(22-12)13-10-4-2-8-21-15(10)24-23-13/h2,4-6,8H,3,9H2,1H3,(H,21,23,24). The van der Waals surface area contributed by atoms with Crippen molar-refractivity contribution in [1.29, 1.82) is 5.26 Å². The predicted molar refractivity (Wildman–Crippen MR) is 85.6 cm³/mol. The second-order valence-corrected chi connectivity index (χ2v) is 5.36. The fourth-order valence-corrected chi connectivity index (χ4v) is 2.44. The van der Waals surface area contributed by atoms with Gasteiger partial charge in [0.1, 0.15) is 17.2 Å². The number of nitrogens with one attached hydrogen (secondary N) is 1. The molecule has 128 valence electrons. The van der Waals surface area contributed by atoms with Crippen molar-refractivity contribution in [2.75, 3.05) is 18.5 Å². The SMILES string of the molecule is CN(CCC#N)c1ccc(C(F)(F)F)c(-c2n[nH]c3ncccc23)n1. The molecule has 9 heteroatoms. The molecular formula is C16H13F3N6. The summed E-state index contributed by atoms with van der Waals surface area (Å²) in [6.07, 6.45) is -2.81. The highest BCUT2D eigenvalue weighted by molar-refractivity contribution is 5.90. The summed E-state index contributed by atoms with van der Waals surface area (Å²) in [6, 6.07) is 7.52. The minimum absolute atomic E-state index is 0.0889. The number of aromatic nitrogens is 4. The fourth-order valence-electron chi connectivity index (χ4n) is 2.44. The van der Waals surface area contributed by atoms with Crippen LogP contribution in [-0.2, 0) is 6.18 Å². The molecule has 0 saturated heterocycles. The number of pyridine rings is 2. The molecule has 1 N–H and O–H groups in total. The molecule has 0 bridgehead atoms. The highest BCUT2D eigenvalue weighted by atomic mass is 19.4. The van der Waals surface area contributed by atoms with Crippen LogP contribution in [0.15, 0.2) is 30.5 Å². The topological polar surface area (TPSA) is 81.5 Å². The molecule has 0 amide bonds. The Morgan fingerprint density at radius 3 is 2.76 bits per heavy atom. The molecule has 0 aliphatic carbocycles. The van der Waals surface area contributed by atoms with Crippen LogP contribution < -0.4 is 4.90 Å². The summed E-state index contributed by atoms with van der Waals surface area (Å²) in [6.45, 7) is 0.358. The third kappa shape index (κ3) is 3.24. The van der Waals surface area contributed by atoms with E-state index in [-0.39, 0.29) is 17.8 Å². The van der Waals surface area contributed by atoms with Crippen molar-refractivity contribution >= 4 is 16.9 Å². The van der Waals surface area contributed by atoms with Gasteiger partial charge in [-0.05, 0) is 24.3 Å². The van der Waals surface area contributed by atoms with E-state index in [2.05, 4.69) is 20.2 Å². The molecule has 0 radical (unpaired) electrons. The molecule has 3 aromatic heterocycles. The van der Waals surface area contributed by atoms with Gasteiger partial charge in [0.2, 0.25) is 0 Å².